The molecule has 28 heavy (non-hydrogen) atoms. The lowest BCUT2D eigenvalue weighted by Crippen LogP contribution is -2.58. The van der Waals surface area contributed by atoms with E-state index in [2.05, 4.69) is 6.92 Å². The van der Waals surface area contributed by atoms with Crippen molar-refractivity contribution in [1.29, 1.82) is 0 Å². The second-order valence-electron chi connectivity index (χ2n) is 11.7. The smallest absolute Gasteiger partial charge is 0.133 e. The van der Waals surface area contributed by atoms with E-state index in [1.165, 1.54) is 51.4 Å². The summed E-state index contributed by atoms with van der Waals surface area (Å²) in [5, 5.41) is 11.1. The SMILES string of the molecule is COC[C@@]1(O)CC[C@@]2(C3CC3)[C@H](CC[C@H]3[C@@H]4CC[C@H](C(C)=O)[C@@]4(C)CC[C@@H]32)C1. The van der Waals surface area contributed by atoms with E-state index in [0.717, 1.165) is 42.9 Å². The Morgan fingerprint density at radius 1 is 0.964 bits per heavy atom. The molecule has 0 saturated heterocycles. The van der Waals surface area contributed by atoms with Crippen LogP contribution in [0.5, 0.6) is 0 Å². The number of fused-ring (bicyclic) bond motifs is 5. The van der Waals surface area contributed by atoms with Crippen molar-refractivity contribution in [2.75, 3.05) is 13.7 Å². The number of hydrogen-bond donors (Lipinski definition) is 1. The van der Waals surface area contributed by atoms with Crippen LogP contribution in [0, 0.1) is 46.3 Å². The summed E-state index contributed by atoms with van der Waals surface area (Å²) in [5.74, 6) is 4.78. The van der Waals surface area contributed by atoms with Gasteiger partial charge in [-0.15, -0.1) is 0 Å². The van der Waals surface area contributed by atoms with Gasteiger partial charge in [0.05, 0.1) is 12.2 Å². The summed E-state index contributed by atoms with van der Waals surface area (Å²) >= 11 is 0. The van der Waals surface area contributed by atoms with Crippen LogP contribution in [0.1, 0.15) is 84.5 Å². The average Bonchev–Trinajstić information content (AvgIpc) is 3.43. The maximum Gasteiger partial charge on any atom is 0.133 e. The Kier molecular flexibility index (Phi) is 4.57. The first kappa shape index (κ1) is 19.5. The van der Waals surface area contributed by atoms with Gasteiger partial charge in [0.1, 0.15) is 5.78 Å². The average molecular weight is 389 g/mol. The molecule has 0 aliphatic heterocycles. The quantitative estimate of drug-likeness (QED) is 0.737. The summed E-state index contributed by atoms with van der Waals surface area (Å²) in [4.78, 5) is 12.4. The minimum absolute atomic E-state index is 0.260. The molecule has 5 fully saturated rings. The topological polar surface area (TPSA) is 46.5 Å². The van der Waals surface area contributed by atoms with Crippen LogP contribution in [-0.4, -0.2) is 30.2 Å². The summed E-state index contributed by atoms with van der Waals surface area (Å²) in [6.45, 7) is 4.80. The molecular weight excluding hydrogens is 348 g/mol. The largest absolute Gasteiger partial charge is 0.387 e. The molecule has 0 bridgehead atoms. The zero-order chi connectivity index (χ0) is 19.7. The van der Waals surface area contributed by atoms with Crippen LogP contribution in [0.15, 0.2) is 0 Å². The molecule has 0 radical (unpaired) electrons. The van der Waals surface area contributed by atoms with Gasteiger partial charge in [-0.25, -0.2) is 0 Å². The van der Waals surface area contributed by atoms with Crippen molar-refractivity contribution >= 4 is 5.78 Å². The van der Waals surface area contributed by atoms with Crippen molar-refractivity contribution < 1.29 is 14.6 Å². The van der Waals surface area contributed by atoms with Gasteiger partial charge in [-0.1, -0.05) is 6.92 Å². The Bertz CT molecular complexity index is 642. The number of carbonyl (C=O) groups excluding carboxylic acids is 1. The zero-order valence-corrected chi connectivity index (χ0v) is 18.2. The molecule has 3 heteroatoms. The highest BCUT2D eigenvalue weighted by Crippen LogP contribution is 2.72. The number of carbonyl (C=O) groups is 1. The third kappa shape index (κ3) is 2.64. The number of aliphatic hydroxyl groups is 1. The third-order valence-electron chi connectivity index (χ3n) is 10.6. The fourth-order valence-corrected chi connectivity index (χ4v) is 9.54. The molecule has 5 aliphatic rings. The predicted molar refractivity (Wildman–Crippen MR) is 110 cm³/mol. The number of rotatable bonds is 4. The van der Waals surface area contributed by atoms with Gasteiger partial charge in [-0.3, -0.25) is 4.79 Å². The fraction of sp³-hybridized carbons (Fsp3) is 0.960. The van der Waals surface area contributed by atoms with Crippen molar-refractivity contribution in [3.05, 3.63) is 0 Å². The molecule has 8 atom stereocenters. The van der Waals surface area contributed by atoms with E-state index in [9.17, 15) is 9.90 Å². The molecule has 5 rings (SSSR count). The summed E-state index contributed by atoms with van der Waals surface area (Å²) < 4.78 is 5.40. The van der Waals surface area contributed by atoms with Crippen molar-refractivity contribution in [2.24, 2.45) is 46.3 Å². The zero-order valence-electron chi connectivity index (χ0n) is 18.2. The predicted octanol–water partition coefficient (Wildman–Crippen LogP) is 5.00. The van der Waals surface area contributed by atoms with Crippen LogP contribution in [0.3, 0.4) is 0 Å². The Labute approximate surface area is 171 Å². The summed E-state index contributed by atoms with van der Waals surface area (Å²) in [6.07, 6.45) is 13.5. The maximum atomic E-state index is 12.4. The normalized spacial score (nSPS) is 53.2. The molecule has 5 saturated carbocycles. The molecule has 0 amide bonds. The Balaban J connectivity index is 1.45. The van der Waals surface area contributed by atoms with Gasteiger partial charge in [0.15, 0.2) is 0 Å². The standard InChI is InChI=1S/C25H40O3/c1-16(26)20-8-9-21-19-7-6-18-14-24(27,15-28-3)12-13-25(18,17-4-5-17)22(19)10-11-23(20,21)2/h17-22,27H,4-15H2,1-3H3/t18-,19+,20-,21+,22+,23-,24-,25-/m1/s1. The maximum absolute atomic E-state index is 12.4. The monoisotopic (exact) mass is 388 g/mol. The fourth-order valence-electron chi connectivity index (χ4n) is 9.54. The summed E-state index contributed by atoms with van der Waals surface area (Å²) in [7, 11) is 1.73. The molecule has 3 nitrogen and oxygen atoms in total. The molecule has 158 valence electrons. The Morgan fingerprint density at radius 2 is 1.71 bits per heavy atom. The van der Waals surface area contributed by atoms with Gasteiger partial charge in [0.2, 0.25) is 0 Å². The molecule has 0 aromatic rings. The summed E-state index contributed by atoms with van der Waals surface area (Å²) in [5.41, 5.74) is 0.148. The molecule has 1 N–H and O–H groups in total. The molecule has 0 spiro atoms. The van der Waals surface area contributed by atoms with E-state index in [0.29, 0.717) is 29.6 Å². The van der Waals surface area contributed by atoms with Gasteiger partial charge < -0.3 is 9.84 Å². The lowest BCUT2D eigenvalue weighted by atomic mass is 9.42. The van der Waals surface area contributed by atoms with Crippen LogP contribution in [-0.2, 0) is 9.53 Å². The first-order chi connectivity index (χ1) is 13.3. The Morgan fingerprint density at radius 3 is 2.39 bits per heavy atom. The van der Waals surface area contributed by atoms with Crippen molar-refractivity contribution in [3.8, 4) is 0 Å². The van der Waals surface area contributed by atoms with Gasteiger partial charge in [-0.05, 0) is 118 Å². The first-order valence-corrected chi connectivity index (χ1v) is 12.1. The van der Waals surface area contributed by atoms with Crippen molar-refractivity contribution in [2.45, 2.75) is 90.1 Å². The Hall–Kier alpha value is -0.410. The highest BCUT2D eigenvalue weighted by Gasteiger charge is 2.66. The molecule has 5 aliphatic carbocycles. The minimum Gasteiger partial charge on any atom is -0.387 e. The van der Waals surface area contributed by atoms with Gasteiger partial charge in [0.25, 0.3) is 0 Å². The van der Waals surface area contributed by atoms with Crippen LogP contribution in [0.25, 0.3) is 0 Å². The van der Waals surface area contributed by atoms with Crippen LogP contribution in [0.2, 0.25) is 0 Å². The van der Waals surface area contributed by atoms with Crippen molar-refractivity contribution in [1.82, 2.24) is 0 Å². The van der Waals surface area contributed by atoms with Crippen LogP contribution in [0.4, 0.5) is 0 Å². The number of ether oxygens (including phenoxy) is 1. The van der Waals surface area contributed by atoms with Gasteiger partial charge in [0, 0.05) is 13.0 Å². The van der Waals surface area contributed by atoms with E-state index in [1.54, 1.807) is 7.11 Å². The number of hydrogen-bond acceptors (Lipinski definition) is 3. The van der Waals surface area contributed by atoms with Gasteiger partial charge >= 0.3 is 0 Å². The second kappa shape index (κ2) is 6.54. The summed E-state index contributed by atoms with van der Waals surface area (Å²) in [6, 6.07) is 0. The first-order valence-electron chi connectivity index (χ1n) is 12.1. The van der Waals surface area contributed by atoms with Crippen molar-refractivity contribution in [3.63, 3.8) is 0 Å². The third-order valence-corrected chi connectivity index (χ3v) is 10.6. The molecule has 0 aromatic carbocycles. The number of ketones is 1. The lowest BCUT2D eigenvalue weighted by molar-refractivity contribution is -0.178. The van der Waals surface area contributed by atoms with Crippen LogP contribution < -0.4 is 0 Å². The van der Waals surface area contributed by atoms with Crippen LogP contribution >= 0.6 is 0 Å². The van der Waals surface area contributed by atoms with E-state index in [4.69, 9.17) is 4.74 Å². The molecular formula is C25H40O3. The number of methoxy groups -OCH3 is 1. The van der Waals surface area contributed by atoms with E-state index < -0.39 is 5.60 Å². The van der Waals surface area contributed by atoms with E-state index in [-0.39, 0.29) is 5.41 Å². The minimum atomic E-state index is -0.596. The molecule has 0 aromatic heterocycles. The second-order valence-corrected chi connectivity index (χ2v) is 11.7. The molecule has 0 unspecified atom stereocenters. The lowest BCUT2D eigenvalue weighted by Gasteiger charge is -2.63. The highest BCUT2D eigenvalue weighted by molar-refractivity contribution is 5.79. The highest BCUT2D eigenvalue weighted by atomic mass is 16.5. The van der Waals surface area contributed by atoms with E-state index in [1.807, 2.05) is 6.92 Å². The van der Waals surface area contributed by atoms with E-state index >= 15 is 0 Å². The number of Topliss-reactive ketones (excluding diaryl/α,β-unsaturated/α-hetero) is 1. The molecule has 0 heterocycles. The van der Waals surface area contributed by atoms with Gasteiger partial charge in [-0.2, -0.15) is 0 Å².